The van der Waals surface area contributed by atoms with Crippen molar-refractivity contribution >= 4 is 26.7 Å². The summed E-state index contributed by atoms with van der Waals surface area (Å²) in [4.78, 5) is 0. The van der Waals surface area contributed by atoms with Crippen molar-refractivity contribution in [2.75, 3.05) is 12.0 Å². The summed E-state index contributed by atoms with van der Waals surface area (Å²) >= 11 is 2.88. The van der Waals surface area contributed by atoms with Gasteiger partial charge in [-0.3, -0.25) is 0 Å². The summed E-state index contributed by atoms with van der Waals surface area (Å²) in [5.41, 5.74) is 0. The van der Waals surface area contributed by atoms with Crippen molar-refractivity contribution < 1.29 is 0 Å². The fourth-order valence-electron chi connectivity index (χ4n) is 0.670. The Morgan fingerprint density at radius 1 is 1.22 bits per heavy atom. The molecule has 0 N–H and O–H groups in total. The monoisotopic (exact) mass is 212 g/mol. The topological polar surface area (TPSA) is 0 Å². The average molecular weight is 211 g/mol. The first-order valence-corrected chi connectivity index (χ1v) is 7.71. The van der Waals surface area contributed by atoms with E-state index in [0.29, 0.717) is 0 Å². The van der Waals surface area contributed by atoms with E-state index < -0.39 is 0 Å². The second kappa shape index (κ2) is 8.87. The van der Waals surface area contributed by atoms with Crippen molar-refractivity contribution in [1.82, 2.24) is 0 Å². The SMILES string of the molecule is CSCCCCC[Se]C. The molecular formula is C7H16SSe. The molecule has 0 aromatic carbocycles. The van der Waals surface area contributed by atoms with Crippen LogP contribution in [0.3, 0.4) is 0 Å². The molecule has 56 valence electrons. The molecule has 0 aliphatic heterocycles. The molecular weight excluding hydrogens is 195 g/mol. The molecule has 0 atom stereocenters. The minimum absolute atomic E-state index is 0.916. The summed E-state index contributed by atoms with van der Waals surface area (Å²) < 4.78 is 0. The molecule has 0 unspecified atom stereocenters. The van der Waals surface area contributed by atoms with Crippen molar-refractivity contribution in [2.24, 2.45) is 0 Å². The molecule has 0 aromatic heterocycles. The van der Waals surface area contributed by atoms with Gasteiger partial charge in [-0.05, 0) is 0 Å². The predicted octanol–water partition coefficient (Wildman–Crippen LogP) is 2.69. The molecule has 2 heteroatoms. The molecule has 0 heterocycles. The summed E-state index contributed by atoms with van der Waals surface area (Å²) in [6.07, 6.45) is 6.54. The van der Waals surface area contributed by atoms with Gasteiger partial charge in [0.15, 0.2) is 0 Å². The molecule has 0 rings (SSSR count). The standard InChI is InChI=1S/C7H16SSe/c1-8-6-4-3-5-7-9-2/h3-7H2,1-2H3. The first-order valence-electron chi connectivity index (χ1n) is 3.39. The number of hydrogen-bond acceptors (Lipinski definition) is 1. The Balaban J connectivity index is 2.60. The van der Waals surface area contributed by atoms with Gasteiger partial charge in [-0.2, -0.15) is 0 Å². The molecule has 0 bridgehead atoms. The molecule has 0 fully saturated rings. The van der Waals surface area contributed by atoms with Gasteiger partial charge in [-0.1, -0.05) is 0 Å². The summed E-state index contributed by atoms with van der Waals surface area (Å²) in [7, 11) is 0. The van der Waals surface area contributed by atoms with Gasteiger partial charge in [-0.25, -0.2) is 0 Å². The third-order valence-corrected chi connectivity index (χ3v) is 3.36. The second-order valence-corrected chi connectivity index (χ2v) is 5.10. The molecule has 0 saturated heterocycles. The van der Waals surface area contributed by atoms with Gasteiger partial charge in [0.25, 0.3) is 0 Å². The van der Waals surface area contributed by atoms with E-state index in [2.05, 4.69) is 12.1 Å². The van der Waals surface area contributed by atoms with Crippen molar-refractivity contribution in [2.45, 2.75) is 30.4 Å². The van der Waals surface area contributed by atoms with Crippen LogP contribution in [0.1, 0.15) is 19.3 Å². The van der Waals surface area contributed by atoms with Crippen LogP contribution >= 0.6 is 11.8 Å². The summed E-state index contributed by atoms with van der Waals surface area (Å²) in [6, 6.07) is 0. The molecule has 0 aliphatic rings. The van der Waals surface area contributed by atoms with Gasteiger partial charge in [0, 0.05) is 0 Å². The van der Waals surface area contributed by atoms with Crippen LogP contribution in [0, 0.1) is 0 Å². The van der Waals surface area contributed by atoms with Gasteiger partial charge in [0.1, 0.15) is 0 Å². The van der Waals surface area contributed by atoms with E-state index in [-0.39, 0.29) is 0 Å². The van der Waals surface area contributed by atoms with Crippen molar-refractivity contribution in [3.05, 3.63) is 0 Å². The molecule has 0 amide bonds. The molecule has 0 aromatic rings. The van der Waals surface area contributed by atoms with Crippen LogP contribution in [0.2, 0.25) is 11.1 Å². The molecule has 9 heavy (non-hydrogen) atoms. The van der Waals surface area contributed by atoms with Crippen LogP contribution in [0.5, 0.6) is 0 Å². The summed E-state index contributed by atoms with van der Waals surface area (Å²) in [5, 5.41) is 1.49. The summed E-state index contributed by atoms with van der Waals surface area (Å²) in [6.45, 7) is 0. The van der Waals surface area contributed by atoms with E-state index in [4.69, 9.17) is 0 Å². The fourth-order valence-corrected chi connectivity index (χ4v) is 2.20. The van der Waals surface area contributed by atoms with Crippen molar-refractivity contribution in [1.29, 1.82) is 0 Å². The van der Waals surface area contributed by atoms with Gasteiger partial charge in [0.05, 0.1) is 0 Å². The van der Waals surface area contributed by atoms with Crippen LogP contribution in [0.25, 0.3) is 0 Å². The zero-order valence-corrected chi connectivity index (χ0v) is 8.88. The van der Waals surface area contributed by atoms with Crippen LogP contribution in [-0.4, -0.2) is 27.0 Å². The Morgan fingerprint density at radius 3 is 2.56 bits per heavy atom. The van der Waals surface area contributed by atoms with Gasteiger partial charge in [-0.15, -0.1) is 0 Å². The maximum atomic E-state index is 2.32. The zero-order chi connectivity index (χ0) is 6.95. The maximum absolute atomic E-state index is 2.32. The third kappa shape index (κ3) is 8.87. The van der Waals surface area contributed by atoms with Gasteiger partial charge < -0.3 is 0 Å². The normalized spacial score (nSPS) is 10.0. The average Bonchev–Trinajstić information content (AvgIpc) is 1.89. The Kier molecular flexibility index (Phi) is 9.73. The molecule has 0 spiro atoms. The zero-order valence-electron chi connectivity index (χ0n) is 6.35. The van der Waals surface area contributed by atoms with Crippen LogP contribution < -0.4 is 0 Å². The number of hydrogen-bond donors (Lipinski definition) is 0. The predicted molar refractivity (Wildman–Crippen MR) is 48.7 cm³/mol. The Hall–Kier alpha value is 0.869. The Bertz CT molecular complexity index is 42.2. The van der Waals surface area contributed by atoms with Crippen molar-refractivity contribution in [3.63, 3.8) is 0 Å². The van der Waals surface area contributed by atoms with Gasteiger partial charge >= 0.3 is 69.1 Å². The van der Waals surface area contributed by atoms with Crippen molar-refractivity contribution in [3.8, 4) is 0 Å². The van der Waals surface area contributed by atoms with E-state index in [1.54, 1.807) is 0 Å². The number of rotatable bonds is 6. The van der Waals surface area contributed by atoms with E-state index in [1.165, 1.54) is 30.3 Å². The number of unbranched alkanes of at least 4 members (excludes halogenated alkanes) is 2. The van der Waals surface area contributed by atoms with Crippen LogP contribution in [-0.2, 0) is 0 Å². The van der Waals surface area contributed by atoms with E-state index in [0.717, 1.165) is 15.0 Å². The molecule has 0 nitrogen and oxygen atoms in total. The van der Waals surface area contributed by atoms with E-state index >= 15 is 0 Å². The summed E-state index contributed by atoms with van der Waals surface area (Å²) in [5.74, 6) is 3.68. The quantitative estimate of drug-likeness (QED) is 0.481. The van der Waals surface area contributed by atoms with E-state index in [9.17, 15) is 0 Å². The Labute approximate surface area is 69.3 Å². The third-order valence-electron chi connectivity index (χ3n) is 1.20. The molecule has 0 radical (unpaired) electrons. The first-order chi connectivity index (χ1) is 4.41. The number of thioether (sulfide) groups is 1. The van der Waals surface area contributed by atoms with Crippen LogP contribution in [0.4, 0.5) is 0 Å². The first kappa shape index (κ1) is 9.87. The molecule has 0 aliphatic carbocycles. The van der Waals surface area contributed by atoms with Gasteiger partial charge in [0.2, 0.25) is 0 Å². The Morgan fingerprint density at radius 2 is 2.00 bits per heavy atom. The minimum atomic E-state index is 0.916. The van der Waals surface area contributed by atoms with Crippen LogP contribution in [0.15, 0.2) is 0 Å². The molecule has 0 saturated carbocycles. The second-order valence-electron chi connectivity index (χ2n) is 2.05. The van der Waals surface area contributed by atoms with E-state index in [1.807, 2.05) is 11.8 Å². The fraction of sp³-hybridized carbons (Fsp3) is 1.00.